The van der Waals surface area contributed by atoms with Gasteiger partial charge in [0.1, 0.15) is 11.5 Å². The van der Waals surface area contributed by atoms with Crippen molar-refractivity contribution < 1.29 is 19.0 Å². The first kappa shape index (κ1) is 16.3. The molecule has 0 unspecified atom stereocenters. The summed E-state index contributed by atoms with van der Waals surface area (Å²) in [6.45, 7) is 2.14. The predicted octanol–water partition coefficient (Wildman–Crippen LogP) is 4.58. The SMILES string of the molecule is COc1cc(C)c(COC(=O)c2cc3ccccc3s2)cc1OC. The number of hydrogen-bond acceptors (Lipinski definition) is 5. The van der Waals surface area contributed by atoms with Crippen LogP contribution in [0.1, 0.15) is 20.8 Å². The fourth-order valence-electron chi connectivity index (χ4n) is 2.48. The van der Waals surface area contributed by atoms with Gasteiger partial charge in [-0.05, 0) is 47.7 Å². The van der Waals surface area contributed by atoms with Crippen molar-refractivity contribution in [2.24, 2.45) is 0 Å². The Morgan fingerprint density at radius 1 is 1.04 bits per heavy atom. The Morgan fingerprint density at radius 2 is 1.75 bits per heavy atom. The highest BCUT2D eigenvalue weighted by Crippen LogP contribution is 2.31. The number of thiophene rings is 1. The van der Waals surface area contributed by atoms with E-state index in [4.69, 9.17) is 14.2 Å². The van der Waals surface area contributed by atoms with Crippen molar-refractivity contribution in [3.05, 3.63) is 58.5 Å². The van der Waals surface area contributed by atoms with E-state index in [1.165, 1.54) is 11.3 Å². The summed E-state index contributed by atoms with van der Waals surface area (Å²) >= 11 is 1.44. The van der Waals surface area contributed by atoms with Crippen LogP contribution in [0.25, 0.3) is 10.1 Å². The van der Waals surface area contributed by atoms with Gasteiger partial charge in [-0.25, -0.2) is 4.79 Å². The summed E-state index contributed by atoms with van der Waals surface area (Å²) in [5.74, 6) is 0.968. The Bertz CT molecular complexity index is 849. The highest BCUT2D eigenvalue weighted by Gasteiger charge is 2.14. The zero-order valence-corrected chi connectivity index (χ0v) is 14.6. The van der Waals surface area contributed by atoms with Crippen molar-refractivity contribution in [3.63, 3.8) is 0 Å². The summed E-state index contributed by atoms with van der Waals surface area (Å²) in [5.41, 5.74) is 1.87. The van der Waals surface area contributed by atoms with E-state index in [2.05, 4.69) is 0 Å². The molecule has 0 aliphatic heterocycles. The topological polar surface area (TPSA) is 44.8 Å². The summed E-state index contributed by atoms with van der Waals surface area (Å²) < 4.78 is 17.1. The maximum absolute atomic E-state index is 12.3. The Labute approximate surface area is 144 Å². The van der Waals surface area contributed by atoms with E-state index in [-0.39, 0.29) is 12.6 Å². The largest absolute Gasteiger partial charge is 0.493 e. The number of carbonyl (C=O) groups excluding carboxylic acids is 1. The van der Waals surface area contributed by atoms with E-state index in [0.717, 1.165) is 21.2 Å². The lowest BCUT2D eigenvalue weighted by atomic mass is 10.1. The average Bonchev–Trinajstić information content (AvgIpc) is 3.04. The van der Waals surface area contributed by atoms with E-state index < -0.39 is 0 Å². The average molecular weight is 342 g/mol. The molecule has 0 atom stereocenters. The van der Waals surface area contributed by atoms with E-state index >= 15 is 0 Å². The summed E-state index contributed by atoms with van der Waals surface area (Å²) in [6, 6.07) is 13.5. The van der Waals surface area contributed by atoms with Crippen molar-refractivity contribution in [3.8, 4) is 11.5 Å². The minimum Gasteiger partial charge on any atom is -0.493 e. The van der Waals surface area contributed by atoms with Gasteiger partial charge in [0, 0.05) is 4.70 Å². The number of ether oxygens (including phenoxy) is 3. The molecule has 0 saturated carbocycles. The lowest BCUT2D eigenvalue weighted by Crippen LogP contribution is -2.05. The quantitative estimate of drug-likeness (QED) is 0.637. The Kier molecular flexibility index (Phi) is 4.71. The first-order valence-electron chi connectivity index (χ1n) is 7.49. The first-order valence-corrected chi connectivity index (χ1v) is 8.31. The van der Waals surface area contributed by atoms with Crippen LogP contribution < -0.4 is 9.47 Å². The molecule has 0 N–H and O–H groups in total. The van der Waals surface area contributed by atoms with Crippen molar-refractivity contribution in [1.82, 2.24) is 0 Å². The minimum absolute atomic E-state index is 0.194. The van der Waals surface area contributed by atoms with Crippen molar-refractivity contribution in [1.29, 1.82) is 0 Å². The van der Waals surface area contributed by atoms with Crippen LogP contribution in [0.2, 0.25) is 0 Å². The van der Waals surface area contributed by atoms with E-state index in [1.54, 1.807) is 14.2 Å². The minimum atomic E-state index is -0.314. The summed E-state index contributed by atoms with van der Waals surface area (Å²) in [5, 5.41) is 1.05. The first-order chi connectivity index (χ1) is 11.6. The van der Waals surface area contributed by atoms with Crippen LogP contribution >= 0.6 is 11.3 Å². The van der Waals surface area contributed by atoms with Gasteiger partial charge in [-0.1, -0.05) is 18.2 Å². The maximum Gasteiger partial charge on any atom is 0.348 e. The Balaban J connectivity index is 1.76. The zero-order valence-electron chi connectivity index (χ0n) is 13.8. The van der Waals surface area contributed by atoms with Crippen LogP contribution in [0.5, 0.6) is 11.5 Å². The molecule has 2 aromatic carbocycles. The molecule has 24 heavy (non-hydrogen) atoms. The number of carbonyl (C=O) groups is 1. The number of rotatable bonds is 5. The fourth-order valence-corrected chi connectivity index (χ4v) is 3.43. The van der Waals surface area contributed by atoms with Gasteiger partial charge >= 0.3 is 5.97 Å². The van der Waals surface area contributed by atoms with E-state index in [0.29, 0.717) is 16.4 Å². The number of fused-ring (bicyclic) bond motifs is 1. The van der Waals surface area contributed by atoms with Gasteiger partial charge in [0.15, 0.2) is 11.5 Å². The lowest BCUT2D eigenvalue weighted by molar-refractivity contribution is 0.0477. The smallest absolute Gasteiger partial charge is 0.348 e. The second kappa shape index (κ2) is 6.93. The van der Waals surface area contributed by atoms with Gasteiger partial charge in [-0.15, -0.1) is 11.3 Å². The van der Waals surface area contributed by atoms with Crippen LogP contribution in [0.15, 0.2) is 42.5 Å². The molecule has 0 bridgehead atoms. The lowest BCUT2D eigenvalue weighted by Gasteiger charge is -2.12. The van der Waals surface area contributed by atoms with E-state index in [1.807, 2.05) is 49.4 Å². The molecule has 0 amide bonds. The zero-order chi connectivity index (χ0) is 17.1. The van der Waals surface area contributed by atoms with Crippen LogP contribution in [-0.2, 0) is 11.3 Å². The molecular formula is C19H18O4S. The monoisotopic (exact) mass is 342 g/mol. The molecule has 3 rings (SSSR count). The van der Waals surface area contributed by atoms with Gasteiger partial charge < -0.3 is 14.2 Å². The van der Waals surface area contributed by atoms with Gasteiger partial charge in [0.2, 0.25) is 0 Å². The van der Waals surface area contributed by atoms with Crippen LogP contribution in [0, 0.1) is 6.92 Å². The van der Waals surface area contributed by atoms with Crippen LogP contribution in [-0.4, -0.2) is 20.2 Å². The second-order valence-electron chi connectivity index (χ2n) is 5.36. The molecule has 124 valence electrons. The number of aryl methyl sites for hydroxylation is 1. The molecule has 0 aliphatic carbocycles. The van der Waals surface area contributed by atoms with Gasteiger partial charge in [0.25, 0.3) is 0 Å². The molecule has 5 heteroatoms. The van der Waals surface area contributed by atoms with Gasteiger partial charge in [-0.2, -0.15) is 0 Å². The fraction of sp³-hybridized carbons (Fsp3) is 0.211. The third-order valence-electron chi connectivity index (χ3n) is 3.83. The van der Waals surface area contributed by atoms with Crippen LogP contribution in [0.3, 0.4) is 0 Å². The Morgan fingerprint density at radius 3 is 2.46 bits per heavy atom. The molecule has 3 aromatic rings. The number of methoxy groups -OCH3 is 2. The third kappa shape index (κ3) is 3.21. The summed E-state index contributed by atoms with van der Waals surface area (Å²) in [6.07, 6.45) is 0. The predicted molar refractivity (Wildman–Crippen MR) is 95.2 cm³/mol. The highest BCUT2D eigenvalue weighted by atomic mass is 32.1. The molecule has 0 saturated heterocycles. The molecular weight excluding hydrogens is 324 g/mol. The van der Waals surface area contributed by atoms with Crippen molar-refractivity contribution in [2.45, 2.75) is 13.5 Å². The number of hydrogen-bond donors (Lipinski definition) is 0. The van der Waals surface area contributed by atoms with Crippen molar-refractivity contribution >= 4 is 27.4 Å². The molecule has 0 fully saturated rings. The Hall–Kier alpha value is -2.53. The molecule has 1 aromatic heterocycles. The summed E-state index contributed by atoms with van der Waals surface area (Å²) in [4.78, 5) is 12.9. The molecule has 4 nitrogen and oxygen atoms in total. The third-order valence-corrected chi connectivity index (χ3v) is 4.92. The van der Waals surface area contributed by atoms with Gasteiger partial charge in [0.05, 0.1) is 14.2 Å². The normalized spacial score (nSPS) is 10.6. The van der Waals surface area contributed by atoms with E-state index in [9.17, 15) is 4.79 Å². The standard InChI is InChI=1S/C19H18O4S/c1-12-8-15(21-2)16(22-3)9-14(12)11-23-19(20)18-10-13-6-4-5-7-17(13)24-18/h4-10H,11H2,1-3H3. The van der Waals surface area contributed by atoms with Crippen LogP contribution in [0.4, 0.5) is 0 Å². The molecule has 0 radical (unpaired) electrons. The van der Waals surface area contributed by atoms with Gasteiger partial charge in [-0.3, -0.25) is 0 Å². The number of esters is 1. The molecule has 1 heterocycles. The summed E-state index contributed by atoms with van der Waals surface area (Å²) in [7, 11) is 3.18. The molecule has 0 aliphatic rings. The second-order valence-corrected chi connectivity index (χ2v) is 6.44. The molecule has 0 spiro atoms. The maximum atomic E-state index is 12.3. The highest BCUT2D eigenvalue weighted by molar-refractivity contribution is 7.20. The van der Waals surface area contributed by atoms with Crippen molar-refractivity contribution in [2.75, 3.05) is 14.2 Å². The number of benzene rings is 2.